The Hall–Kier alpha value is -0.610. The van der Waals surface area contributed by atoms with Crippen LogP contribution in [0.1, 0.15) is 26.2 Å². The van der Waals surface area contributed by atoms with Crippen LogP contribution < -0.4 is 11.1 Å². The van der Waals surface area contributed by atoms with Crippen molar-refractivity contribution in [3.63, 3.8) is 0 Å². The quantitative estimate of drug-likeness (QED) is 0.531. The number of likely N-dealkylation sites (N-methyl/N-ethyl adjacent to an activating group) is 1. The number of rotatable bonds is 5. The number of carbonyl (C=O) groups is 1. The first-order chi connectivity index (χ1) is 5.68. The molecule has 0 aliphatic carbocycles. The highest BCUT2D eigenvalue weighted by molar-refractivity contribution is 5.68. The molecule has 0 heterocycles. The molecule has 0 aromatic heterocycles. The Balaban J connectivity index is 0. The lowest BCUT2D eigenvalue weighted by atomic mass is 10.3. The number of aliphatic carboxylic acids is 1. The molecule has 0 saturated heterocycles. The molecule has 12 heavy (non-hydrogen) atoms. The molecule has 0 saturated carbocycles. The molecule has 74 valence electrons. The summed E-state index contributed by atoms with van der Waals surface area (Å²) in [6, 6.07) is 0. The Bertz CT molecular complexity index is 93.1. The summed E-state index contributed by atoms with van der Waals surface area (Å²) >= 11 is 0. The van der Waals surface area contributed by atoms with Crippen molar-refractivity contribution in [3.8, 4) is 0 Å². The fourth-order valence-electron chi connectivity index (χ4n) is 0.546. The molecule has 0 unspecified atom stereocenters. The van der Waals surface area contributed by atoms with E-state index in [0.29, 0.717) is 0 Å². The Morgan fingerprint density at radius 3 is 2.17 bits per heavy atom. The molecule has 0 bridgehead atoms. The first-order valence-corrected chi connectivity index (χ1v) is 4.25. The van der Waals surface area contributed by atoms with Gasteiger partial charge in [0.15, 0.2) is 0 Å². The van der Waals surface area contributed by atoms with Crippen molar-refractivity contribution >= 4 is 5.97 Å². The summed E-state index contributed by atoms with van der Waals surface area (Å²) in [5.74, 6) is -0.822. The van der Waals surface area contributed by atoms with Gasteiger partial charge in [-0.25, -0.2) is 0 Å². The molecule has 0 rings (SSSR count). The van der Waals surface area contributed by atoms with E-state index in [2.05, 4.69) is 12.2 Å². The molecule has 0 aliphatic rings. The molecule has 0 amide bonds. The molecule has 4 heteroatoms. The molecule has 0 spiro atoms. The lowest BCUT2D eigenvalue weighted by molar-refractivity contribution is -0.135. The highest BCUT2D eigenvalue weighted by Gasteiger charge is 1.86. The minimum atomic E-state index is -0.822. The van der Waals surface area contributed by atoms with Crippen LogP contribution in [0.15, 0.2) is 0 Å². The summed E-state index contributed by atoms with van der Waals surface area (Å²) in [5.41, 5.74) is 5.21. The van der Waals surface area contributed by atoms with Gasteiger partial charge in [-0.3, -0.25) is 4.79 Å². The molecule has 0 aromatic rings. The molecule has 0 atom stereocenters. The van der Waals surface area contributed by atoms with Gasteiger partial charge in [0.05, 0.1) is 6.54 Å². The summed E-state index contributed by atoms with van der Waals surface area (Å²) in [7, 11) is 1.59. The van der Waals surface area contributed by atoms with E-state index in [9.17, 15) is 4.79 Å². The summed E-state index contributed by atoms with van der Waals surface area (Å²) in [6.07, 6.45) is 3.75. The first-order valence-electron chi connectivity index (χ1n) is 4.25. The Morgan fingerprint density at radius 2 is 2.08 bits per heavy atom. The normalized spacial score (nSPS) is 8.58. The van der Waals surface area contributed by atoms with Gasteiger partial charge in [0.2, 0.25) is 0 Å². The second-order valence-corrected chi connectivity index (χ2v) is 2.42. The highest BCUT2D eigenvalue weighted by Crippen LogP contribution is 1.88. The van der Waals surface area contributed by atoms with Crippen LogP contribution >= 0.6 is 0 Å². The number of carboxylic acids is 1. The molecule has 4 N–H and O–H groups in total. The van der Waals surface area contributed by atoms with E-state index in [1.807, 2.05) is 0 Å². The van der Waals surface area contributed by atoms with Crippen molar-refractivity contribution in [1.29, 1.82) is 0 Å². The standard InChI is InChI=1S/C5H13N.C3H7NO2/c1-2-3-4-5-6;1-4-2-3(5)6/h2-6H2,1H3;4H,2H2,1H3,(H,5,6). The van der Waals surface area contributed by atoms with Crippen LogP contribution in [0.2, 0.25) is 0 Å². The largest absolute Gasteiger partial charge is 0.480 e. The third-order valence-electron chi connectivity index (χ3n) is 1.14. The van der Waals surface area contributed by atoms with Gasteiger partial charge in [-0.05, 0) is 20.0 Å². The van der Waals surface area contributed by atoms with Crippen LogP contribution in [-0.2, 0) is 4.79 Å². The molecule has 0 fully saturated rings. The zero-order valence-electron chi connectivity index (χ0n) is 7.97. The van der Waals surface area contributed by atoms with E-state index in [0.717, 1.165) is 6.54 Å². The van der Waals surface area contributed by atoms with Crippen molar-refractivity contribution in [2.45, 2.75) is 26.2 Å². The van der Waals surface area contributed by atoms with E-state index in [1.165, 1.54) is 19.3 Å². The zero-order chi connectivity index (χ0) is 9.82. The average molecular weight is 176 g/mol. The SMILES string of the molecule is CCCCCN.CNCC(=O)O. The van der Waals surface area contributed by atoms with Crippen molar-refractivity contribution in [2.75, 3.05) is 20.1 Å². The van der Waals surface area contributed by atoms with E-state index in [-0.39, 0.29) is 6.54 Å². The van der Waals surface area contributed by atoms with E-state index < -0.39 is 5.97 Å². The number of carboxylic acid groups (broad SMARTS) is 1. The van der Waals surface area contributed by atoms with Crippen LogP contribution in [0.25, 0.3) is 0 Å². The maximum atomic E-state index is 9.54. The summed E-state index contributed by atoms with van der Waals surface area (Å²) in [4.78, 5) is 9.54. The van der Waals surface area contributed by atoms with Crippen LogP contribution in [0.5, 0.6) is 0 Å². The Kier molecular flexibility index (Phi) is 15.1. The number of nitrogens with one attached hydrogen (secondary N) is 1. The topological polar surface area (TPSA) is 75.3 Å². The molecular weight excluding hydrogens is 156 g/mol. The number of unbranched alkanes of at least 4 members (excludes halogenated alkanes) is 2. The lowest BCUT2D eigenvalue weighted by Gasteiger charge is -1.86. The number of nitrogens with two attached hydrogens (primary N) is 1. The van der Waals surface area contributed by atoms with Gasteiger partial charge in [0.25, 0.3) is 0 Å². The Labute approximate surface area is 74.1 Å². The van der Waals surface area contributed by atoms with Crippen molar-refractivity contribution in [1.82, 2.24) is 5.32 Å². The van der Waals surface area contributed by atoms with Crippen molar-refractivity contribution < 1.29 is 9.90 Å². The van der Waals surface area contributed by atoms with E-state index in [4.69, 9.17) is 10.8 Å². The molecule has 4 nitrogen and oxygen atoms in total. The van der Waals surface area contributed by atoms with Gasteiger partial charge in [0.1, 0.15) is 0 Å². The van der Waals surface area contributed by atoms with Crippen LogP contribution in [0.4, 0.5) is 0 Å². The van der Waals surface area contributed by atoms with Gasteiger partial charge < -0.3 is 16.2 Å². The van der Waals surface area contributed by atoms with E-state index in [1.54, 1.807) is 7.05 Å². The zero-order valence-corrected chi connectivity index (χ0v) is 7.97. The van der Waals surface area contributed by atoms with Gasteiger partial charge in [-0.1, -0.05) is 19.8 Å². The second kappa shape index (κ2) is 13.0. The van der Waals surface area contributed by atoms with E-state index >= 15 is 0 Å². The number of hydrogen-bond donors (Lipinski definition) is 3. The first kappa shape index (κ1) is 13.9. The van der Waals surface area contributed by atoms with Gasteiger partial charge in [-0.15, -0.1) is 0 Å². The van der Waals surface area contributed by atoms with Crippen LogP contribution in [0, 0.1) is 0 Å². The van der Waals surface area contributed by atoms with Crippen LogP contribution in [0.3, 0.4) is 0 Å². The summed E-state index contributed by atoms with van der Waals surface area (Å²) in [5, 5.41) is 10.3. The minimum Gasteiger partial charge on any atom is -0.480 e. The third kappa shape index (κ3) is 22.8. The van der Waals surface area contributed by atoms with Crippen molar-refractivity contribution in [2.24, 2.45) is 5.73 Å². The average Bonchev–Trinajstić information content (AvgIpc) is 2.02. The minimum absolute atomic E-state index is 0.0417. The summed E-state index contributed by atoms with van der Waals surface area (Å²) < 4.78 is 0. The molecule has 0 aromatic carbocycles. The maximum absolute atomic E-state index is 9.54. The molecule has 0 aliphatic heterocycles. The fourth-order valence-corrected chi connectivity index (χ4v) is 0.546. The maximum Gasteiger partial charge on any atom is 0.317 e. The molecular formula is C8H20N2O2. The smallest absolute Gasteiger partial charge is 0.317 e. The van der Waals surface area contributed by atoms with Crippen molar-refractivity contribution in [3.05, 3.63) is 0 Å². The highest BCUT2D eigenvalue weighted by atomic mass is 16.4. The lowest BCUT2D eigenvalue weighted by Crippen LogP contribution is -2.16. The monoisotopic (exact) mass is 176 g/mol. The van der Waals surface area contributed by atoms with Crippen LogP contribution in [-0.4, -0.2) is 31.2 Å². The molecule has 0 radical (unpaired) electrons. The third-order valence-corrected chi connectivity index (χ3v) is 1.14. The van der Waals surface area contributed by atoms with Gasteiger partial charge in [0, 0.05) is 0 Å². The summed E-state index contributed by atoms with van der Waals surface area (Å²) in [6.45, 7) is 3.07. The number of hydrogen-bond acceptors (Lipinski definition) is 3. The predicted octanol–water partition coefficient (Wildman–Crippen LogP) is 0.426. The second-order valence-electron chi connectivity index (χ2n) is 2.42. The van der Waals surface area contributed by atoms with Gasteiger partial charge in [-0.2, -0.15) is 0 Å². The van der Waals surface area contributed by atoms with Gasteiger partial charge >= 0.3 is 5.97 Å². The fraction of sp³-hybridized carbons (Fsp3) is 0.875. The Morgan fingerprint density at radius 1 is 1.50 bits per heavy atom. The predicted molar refractivity (Wildman–Crippen MR) is 50.1 cm³/mol.